The molecular weight excluding hydrogens is 224 g/mol. The van der Waals surface area contributed by atoms with Crippen LogP contribution in [0.2, 0.25) is 0 Å². The van der Waals surface area contributed by atoms with Gasteiger partial charge in [0, 0.05) is 32.7 Å². The van der Waals surface area contributed by atoms with E-state index in [-0.39, 0.29) is 5.25 Å². The number of sulfone groups is 1. The Morgan fingerprint density at radius 3 is 2.19 bits per heavy atom. The number of nitrogens with one attached hydrogen (secondary N) is 1. The van der Waals surface area contributed by atoms with Crippen LogP contribution >= 0.6 is 0 Å². The van der Waals surface area contributed by atoms with Crippen LogP contribution in [0.4, 0.5) is 0 Å². The van der Waals surface area contributed by atoms with E-state index in [1.54, 1.807) is 13.8 Å². The van der Waals surface area contributed by atoms with Gasteiger partial charge in [0.2, 0.25) is 0 Å². The number of hydrogen-bond acceptors (Lipinski definition) is 4. The first-order valence-corrected chi connectivity index (χ1v) is 7.48. The molecule has 0 atom stereocenters. The van der Waals surface area contributed by atoms with Crippen molar-refractivity contribution in [1.29, 1.82) is 0 Å². The van der Waals surface area contributed by atoms with Gasteiger partial charge in [-0.05, 0) is 27.7 Å². The first-order valence-electron chi connectivity index (χ1n) is 5.94. The Bertz CT molecular complexity index is 317. The highest BCUT2D eigenvalue weighted by Crippen LogP contribution is 2.22. The molecule has 1 heterocycles. The van der Waals surface area contributed by atoms with E-state index < -0.39 is 14.6 Å². The van der Waals surface area contributed by atoms with E-state index >= 15 is 0 Å². The van der Waals surface area contributed by atoms with Crippen LogP contribution in [0.15, 0.2) is 0 Å². The average molecular weight is 248 g/mol. The molecule has 96 valence electrons. The van der Waals surface area contributed by atoms with Crippen molar-refractivity contribution in [3.05, 3.63) is 0 Å². The van der Waals surface area contributed by atoms with E-state index in [0.29, 0.717) is 6.54 Å². The van der Waals surface area contributed by atoms with Crippen molar-refractivity contribution in [1.82, 2.24) is 10.2 Å². The molecule has 5 heteroatoms. The fraction of sp³-hybridized carbons (Fsp3) is 1.00. The van der Waals surface area contributed by atoms with Crippen LogP contribution < -0.4 is 5.32 Å². The Morgan fingerprint density at radius 1 is 1.25 bits per heavy atom. The van der Waals surface area contributed by atoms with Gasteiger partial charge < -0.3 is 5.32 Å². The summed E-state index contributed by atoms with van der Waals surface area (Å²) in [5, 5.41) is 2.97. The zero-order chi connectivity index (χ0) is 12.4. The first kappa shape index (κ1) is 13.9. The summed E-state index contributed by atoms with van der Waals surface area (Å²) in [5.41, 5.74) is 0. The molecular formula is C11H24N2O2S. The predicted molar refractivity (Wildman–Crippen MR) is 67.4 cm³/mol. The van der Waals surface area contributed by atoms with E-state index in [0.717, 1.165) is 26.2 Å². The molecule has 0 saturated carbocycles. The Kier molecular flexibility index (Phi) is 4.37. The van der Waals surface area contributed by atoms with Crippen molar-refractivity contribution in [3.63, 3.8) is 0 Å². The van der Waals surface area contributed by atoms with E-state index in [4.69, 9.17) is 0 Å². The normalized spacial score (nSPS) is 20.3. The van der Waals surface area contributed by atoms with Gasteiger partial charge in [-0.25, -0.2) is 8.42 Å². The third-order valence-corrected chi connectivity index (χ3v) is 6.12. The number of nitrogens with zero attached hydrogens (tertiary/aromatic N) is 1. The van der Waals surface area contributed by atoms with E-state index in [1.807, 2.05) is 13.8 Å². The molecule has 0 aromatic heterocycles. The molecule has 0 unspecified atom stereocenters. The minimum atomic E-state index is -3.04. The lowest BCUT2D eigenvalue weighted by molar-refractivity contribution is 0.222. The van der Waals surface area contributed by atoms with Gasteiger partial charge >= 0.3 is 0 Å². The third kappa shape index (κ3) is 2.96. The van der Waals surface area contributed by atoms with Crippen molar-refractivity contribution < 1.29 is 8.42 Å². The van der Waals surface area contributed by atoms with Gasteiger partial charge in [-0.3, -0.25) is 4.90 Å². The molecule has 0 aromatic carbocycles. The van der Waals surface area contributed by atoms with Crippen molar-refractivity contribution in [2.75, 3.05) is 32.7 Å². The van der Waals surface area contributed by atoms with Gasteiger partial charge in [-0.2, -0.15) is 0 Å². The Labute approximate surface area is 99.3 Å². The monoisotopic (exact) mass is 248 g/mol. The maximum atomic E-state index is 12.2. The topological polar surface area (TPSA) is 49.4 Å². The minimum Gasteiger partial charge on any atom is -0.314 e. The van der Waals surface area contributed by atoms with Crippen LogP contribution in [0.25, 0.3) is 0 Å². The molecule has 1 rings (SSSR count). The highest BCUT2D eigenvalue weighted by molar-refractivity contribution is 7.93. The third-order valence-electron chi connectivity index (χ3n) is 3.20. The molecule has 0 amide bonds. The lowest BCUT2D eigenvalue weighted by atomic mass is 10.2. The molecule has 0 radical (unpaired) electrons. The number of rotatable bonds is 4. The largest absolute Gasteiger partial charge is 0.314 e. The number of hydrogen-bond donors (Lipinski definition) is 1. The lowest BCUT2D eigenvalue weighted by Crippen LogP contribution is -2.52. The first-order chi connectivity index (χ1) is 7.27. The maximum Gasteiger partial charge on any atom is 0.159 e. The zero-order valence-corrected chi connectivity index (χ0v) is 11.6. The summed E-state index contributed by atoms with van der Waals surface area (Å²) >= 11 is 0. The summed E-state index contributed by atoms with van der Waals surface area (Å²) < 4.78 is 23.7. The van der Waals surface area contributed by atoms with Gasteiger partial charge in [0.25, 0.3) is 0 Å². The van der Waals surface area contributed by atoms with Gasteiger partial charge in [-0.15, -0.1) is 0 Å². The summed E-state index contributed by atoms with van der Waals surface area (Å²) in [6, 6.07) is 0. The Morgan fingerprint density at radius 2 is 1.75 bits per heavy atom. The van der Waals surface area contributed by atoms with Crippen LogP contribution in [-0.4, -0.2) is 56.0 Å². The summed E-state index contributed by atoms with van der Waals surface area (Å²) in [6.45, 7) is 11.6. The second-order valence-electron chi connectivity index (χ2n) is 5.38. The maximum absolute atomic E-state index is 12.2. The predicted octanol–water partition coefficient (Wildman–Crippen LogP) is 0.493. The van der Waals surface area contributed by atoms with Crippen molar-refractivity contribution in [2.45, 2.75) is 37.7 Å². The molecule has 1 aliphatic heterocycles. The smallest absolute Gasteiger partial charge is 0.159 e. The lowest BCUT2D eigenvalue weighted by Gasteiger charge is -2.35. The standard InChI is InChI=1S/C11H24N2O2S/c1-10(2)16(14,15)11(3,4)9-13-7-5-12-6-8-13/h10,12H,5-9H2,1-4H3. The summed E-state index contributed by atoms with van der Waals surface area (Å²) in [4.78, 5) is 2.23. The average Bonchev–Trinajstić information content (AvgIpc) is 2.18. The fourth-order valence-electron chi connectivity index (χ4n) is 2.14. The summed E-state index contributed by atoms with van der Waals surface area (Å²) in [6.07, 6.45) is 0. The van der Waals surface area contributed by atoms with E-state index in [9.17, 15) is 8.42 Å². The molecule has 1 saturated heterocycles. The van der Waals surface area contributed by atoms with E-state index in [2.05, 4.69) is 10.2 Å². The van der Waals surface area contributed by atoms with Crippen LogP contribution in [0, 0.1) is 0 Å². The quantitative estimate of drug-likeness (QED) is 0.787. The zero-order valence-electron chi connectivity index (χ0n) is 10.8. The van der Waals surface area contributed by atoms with Crippen molar-refractivity contribution in [3.8, 4) is 0 Å². The molecule has 0 bridgehead atoms. The molecule has 1 fully saturated rings. The van der Waals surface area contributed by atoms with Crippen LogP contribution in [-0.2, 0) is 9.84 Å². The SMILES string of the molecule is CC(C)S(=O)(=O)C(C)(C)CN1CCNCC1. The summed E-state index contributed by atoms with van der Waals surface area (Å²) in [7, 11) is -3.04. The van der Waals surface area contributed by atoms with Crippen molar-refractivity contribution in [2.24, 2.45) is 0 Å². The molecule has 0 spiro atoms. The minimum absolute atomic E-state index is 0.301. The van der Waals surface area contributed by atoms with E-state index in [1.165, 1.54) is 0 Å². The van der Waals surface area contributed by atoms with Gasteiger partial charge in [0.05, 0.1) is 10.00 Å². The second kappa shape index (κ2) is 5.02. The Balaban J connectivity index is 2.70. The van der Waals surface area contributed by atoms with Crippen LogP contribution in [0.3, 0.4) is 0 Å². The Hall–Kier alpha value is -0.130. The number of piperazine rings is 1. The molecule has 0 aliphatic carbocycles. The summed E-state index contributed by atoms with van der Waals surface area (Å²) in [5.74, 6) is 0. The molecule has 1 aliphatic rings. The molecule has 1 N–H and O–H groups in total. The fourth-order valence-corrected chi connectivity index (χ4v) is 3.77. The van der Waals surface area contributed by atoms with Crippen LogP contribution in [0.5, 0.6) is 0 Å². The van der Waals surface area contributed by atoms with Crippen LogP contribution in [0.1, 0.15) is 27.7 Å². The highest BCUT2D eigenvalue weighted by Gasteiger charge is 2.38. The molecule has 0 aromatic rings. The van der Waals surface area contributed by atoms with Gasteiger partial charge in [0.1, 0.15) is 0 Å². The highest BCUT2D eigenvalue weighted by atomic mass is 32.2. The van der Waals surface area contributed by atoms with Gasteiger partial charge in [0.15, 0.2) is 9.84 Å². The van der Waals surface area contributed by atoms with Crippen molar-refractivity contribution >= 4 is 9.84 Å². The molecule has 16 heavy (non-hydrogen) atoms. The van der Waals surface area contributed by atoms with Gasteiger partial charge in [-0.1, -0.05) is 0 Å². The molecule has 4 nitrogen and oxygen atoms in total. The second-order valence-corrected chi connectivity index (χ2v) is 8.52.